The fraction of sp³-hybridized carbons (Fsp3) is 0.538. The van der Waals surface area contributed by atoms with Crippen molar-refractivity contribution in [3.63, 3.8) is 0 Å². The summed E-state index contributed by atoms with van der Waals surface area (Å²) in [6.07, 6.45) is 1.31. The molecule has 0 fully saturated rings. The minimum Gasteiger partial charge on any atom is -0.395 e. The van der Waals surface area contributed by atoms with Gasteiger partial charge in [0.2, 0.25) is 0 Å². The third-order valence-corrected chi connectivity index (χ3v) is 2.70. The van der Waals surface area contributed by atoms with Gasteiger partial charge in [0.1, 0.15) is 11.5 Å². The van der Waals surface area contributed by atoms with Crippen LogP contribution in [0.15, 0.2) is 18.3 Å². The van der Waals surface area contributed by atoms with Crippen molar-refractivity contribution in [2.75, 3.05) is 40.0 Å². The zero-order valence-electron chi connectivity index (χ0n) is 11.0. The summed E-state index contributed by atoms with van der Waals surface area (Å²) in [7, 11) is 1.60. The zero-order valence-corrected chi connectivity index (χ0v) is 11.0. The number of aliphatic hydroxyl groups is 1. The average Bonchev–Trinajstić information content (AvgIpc) is 2.42. The first-order valence-electron chi connectivity index (χ1n) is 6.14. The van der Waals surface area contributed by atoms with Crippen molar-refractivity contribution in [2.45, 2.75) is 6.42 Å². The van der Waals surface area contributed by atoms with Crippen molar-refractivity contribution in [3.8, 4) is 0 Å². The highest BCUT2D eigenvalue weighted by Gasteiger charge is 2.11. The minimum absolute atomic E-state index is 0.0344. The summed E-state index contributed by atoms with van der Waals surface area (Å²) in [5, 5.41) is 8.93. The average molecular weight is 270 g/mol. The second kappa shape index (κ2) is 8.68. The van der Waals surface area contributed by atoms with Crippen LogP contribution >= 0.6 is 0 Å². The van der Waals surface area contributed by atoms with Crippen LogP contribution in [0.4, 0.5) is 4.39 Å². The molecule has 0 unspecified atom stereocenters. The largest absolute Gasteiger partial charge is 0.395 e. The minimum atomic E-state index is -0.460. The first-order valence-corrected chi connectivity index (χ1v) is 6.14. The van der Waals surface area contributed by atoms with Gasteiger partial charge in [-0.1, -0.05) is 0 Å². The zero-order chi connectivity index (χ0) is 14.1. The van der Waals surface area contributed by atoms with Crippen LogP contribution in [0.2, 0.25) is 0 Å². The molecular weight excluding hydrogens is 251 g/mol. The number of pyridine rings is 1. The van der Waals surface area contributed by atoms with Crippen LogP contribution in [-0.4, -0.2) is 60.7 Å². The number of ether oxygens (including phenoxy) is 1. The van der Waals surface area contributed by atoms with E-state index in [2.05, 4.69) is 4.98 Å². The molecule has 1 heterocycles. The second-order valence-corrected chi connectivity index (χ2v) is 4.09. The van der Waals surface area contributed by atoms with Crippen LogP contribution in [0.3, 0.4) is 0 Å². The maximum atomic E-state index is 12.7. The Balaban J connectivity index is 2.44. The van der Waals surface area contributed by atoms with Gasteiger partial charge >= 0.3 is 0 Å². The van der Waals surface area contributed by atoms with Gasteiger partial charge in [-0.25, -0.2) is 4.39 Å². The molecule has 0 aliphatic rings. The Hall–Kier alpha value is -1.37. The Morgan fingerprint density at radius 3 is 2.79 bits per heavy atom. The van der Waals surface area contributed by atoms with Crippen LogP contribution in [0.1, 0.15) is 16.9 Å². The van der Waals surface area contributed by atoms with Gasteiger partial charge in [0.05, 0.1) is 19.4 Å². The van der Waals surface area contributed by atoms with E-state index in [0.717, 1.165) is 6.20 Å². The van der Waals surface area contributed by atoms with Crippen molar-refractivity contribution < 1.29 is 19.0 Å². The molecule has 0 saturated carbocycles. The molecule has 6 heteroatoms. The lowest BCUT2D eigenvalue weighted by atomic mass is 10.2. The number of methoxy groups -OCH3 is 1. The van der Waals surface area contributed by atoms with Gasteiger partial charge in [0, 0.05) is 33.2 Å². The lowest BCUT2D eigenvalue weighted by molar-refractivity contribution is 0.0928. The molecule has 0 aromatic carbocycles. The van der Waals surface area contributed by atoms with Gasteiger partial charge in [-0.15, -0.1) is 0 Å². The predicted octanol–water partition coefficient (Wildman–Crippen LogP) is 0.734. The van der Waals surface area contributed by atoms with Gasteiger partial charge in [-0.05, 0) is 12.1 Å². The van der Waals surface area contributed by atoms with Crippen LogP contribution in [0, 0.1) is 5.82 Å². The molecule has 0 atom stereocenters. The van der Waals surface area contributed by atoms with Crippen molar-refractivity contribution in [1.29, 1.82) is 0 Å². The number of hydrogen-bond acceptors (Lipinski definition) is 5. The Morgan fingerprint density at radius 1 is 1.42 bits per heavy atom. The molecular formula is C13H19FN2O3. The van der Waals surface area contributed by atoms with Gasteiger partial charge < -0.3 is 9.84 Å². The smallest absolute Gasteiger partial charge is 0.182 e. The number of halogens is 1. The van der Waals surface area contributed by atoms with Gasteiger partial charge in [0.25, 0.3) is 0 Å². The number of aromatic nitrogens is 1. The number of ketones is 1. The lowest BCUT2D eigenvalue weighted by Crippen LogP contribution is -2.32. The quantitative estimate of drug-likeness (QED) is 0.670. The van der Waals surface area contributed by atoms with E-state index in [-0.39, 0.29) is 24.5 Å². The van der Waals surface area contributed by atoms with E-state index < -0.39 is 5.82 Å². The van der Waals surface area contributed by atoms with E-state index in [9.17, 15) is 9.18 Å². The molecule has 0 radical (unpaired) electrons. The van der Waals surface area contributed by atoms with Gasteiger partial charge in [0.15, 0.2) is 5.78 Å². The van der Waals surface area contributed by atoms with Crippen molar-refractivity contribution in [1.82, 2.24) is 9.88 Å². The first-order chi connectivity index (χ1) is 9.17. The van der Waals surface area contributed by atoms with Gasteiger partial charge in [-0.2, -0.15) is 0 Å². The lowest BCUT2D eigenvalue weighted by Gasteiger charge is -2.20. The third kappa shape index (κ3) is 5.87. The van der Waals surface area contributed by atoms with E-state index in [4.69, 9.17) is 9.84 Å². The Bertz CT molecular complexity index is 384. The summed E-state index contributed by atoms with van der Waals surface area (Å²) < 4.78 is 17.6. The SMILES string of the molecule is COCCN(CCO)CCC(=O)c1ccc(F)cn1. The fourth-order valence-electron chi connectivity index (χ4n) is 1.63. The number of Topliss-reactive ketones (excluding diaryl/α,β-unsaturated/α-hetero) is 1. The molecule has 0 amide bonds. The van der Waals surface area contributed by atoms with E-state index in [0.29, 0.717) is 26.2 Å². The molecule has 0 aliphatic heterocycles. The highest BCUT2D eigenvalue weighted by molar-refractivity contribution is 5.94. The summed E-state index contributed by atoms with van der Waals surface area (Å²) in [5.74, 6) is -0.598. The number of hydrogen-bond donors (Lipinski definition) is 1. The highest BCUT2D eigenvalue weighted by atomic mass is 19.1. The topological polar surface area (TPSA) is 62.7 Å². The van der Waals surface area contributed by atoms with E-state index in [1.807, 2.05) is 4.90 Å². The molecule has 1 aromatic heterocycles. The number of rotatable bonds is 9. The van der Waals surface area contributed by atoms with Crippen LogP contribution in [0.5, 0.6) is 0 Å². The second-order valence-electron chi connectivity index (χ2n) is 4.09. The molecule has 5 nitrogen and oxygen atoms in total. The molecule has 0 spiro atoms. The molecule has 1 aromatic rings. The van der Waals surface area contributed by atoms with Crippen molar-refractivity contribution in [2.24, 2.45) is 0 Å². The van der Waals surface area contributed by atoms with Crippen LogP contribution in [0.25, 0.3) is 0 Å². The van der Waals surface area contributed by atoms with Crippen LogP contribution < -0.4 is 0 Å². The standard InChI is InChI=1S/C13H19FN2O3/c1-19-9-7-16(6-8-17)5-4-13(18)12-3-2-11(14)10-15-12/h2-3,10,17H,4-9H2,1H3. The molecule has 0 saturated heterocycles. The Morgan fingerprint density at radius 2 is 2.21 bits per heavy atom. The number of nitrogens with zero attached hydrogens (tertiary/aromatic N) is 2. The van der Waals surface area contributed by atoms with Crippen molar-refractivity contribution >= 4 is 5.78 Å². The highest BCUT2D eigenvalue weighted by Crippen LogP contribution is 2.03. The summed E-state index contributed by atoms with van der Waals surface area (Å²) in [5.41, 5.74) is 0.261. The molecule has 0 aliphatic carbocycles. The summed E-state index contributed by atoms with van der Waals surface area (Å²) in [4.78, 5) is 17.5. The third-order valence-electron chi connectivity index (χ3n) is 2.70. The summed E-state index contributed by atoms with van der Waals surface area (Å²) in [6, 6.07) is 2.60. The molecule has 1 rings (SSSR count). The fourth-order valence-corrected chi connectivity index (χ4v) is 1.63. The number of aliphatic hydroxyl groups excluding tert-OH is 1. The van der Waals surface area contributed by atoms with Crippen molar-refractivity contribution in [3.05, 3.63) is 29.8 Å². The Kier molecular flexibility index (Phi) is 7.17. The Labute approximate surface area is 112 Å². The van der Waals surface area contributed by atoms with E-state index in [1.165, 1.54) is 12.1 Å². The summed E-state index contributed by atoms with van der Waals surface area (Å²) >= 11 is 0. The molecule has 106 valence electrons. The number of carbonyl (C=O) groups excluding carboxylic acids is 1. The first kappa shape index (κ1) is 15.7. The van der Waals surface area contributed by atoms with Crippen LogP contribution in [-0.2, 0) is 4.74 Å². The summed E-state index contributed by atoms with van der Waals surface area (Å²) in [6.45, 7) is 2.24. The van der Waals surface area contributed by atoms with E-state index in [1.54, 1.807) is 7.11 Å². The number of carbonyl (C=O) groups is 1. The molecule has 1 N–H and O–H groups in total. The van der Waals surface area contributed by atoms with Gasteiger partial charge in [-0.3, -0.25) is 14.7 Å². The predicted molar refractivity (Wildman–Crippen MR) is 68.5 cm³/mol. The van der Waals surface area contributed by atoms with E-state index >= 15 is 0 Å². The monoisotopic (exact) mass is 270 g/mol. The maximum absolute atomic E-state index is 12.7. The normalized spacial score (nSPS) is 10.9. The maximum Gasteiger partial charge on any atom is 0.182 e. The molecule has 19 heavy (non-hydrogen) atoms. The molecule has 0 bridgehead atoms.